The Bertz CT molecular complexity index is 419. The van der Waals surface area contributed by atoms with E-state index in [-0.39, 0.29) is 13.2 Å². The van der Waals surface area contributed by atoms with Gasteiger partial charge in [-0.15, -0.1) is 4.52 Å². The minimum atomic E-state index is -4.43. The van der Waals surface area contributed by atoms with Crippen LogP contribution in [0.25, 0.3) is 0 Å². The second kappa shape index (κ2) is 5.99. The first-order chi connectivity index (χ1) is 8.35. The second-order valence-corrected chi connectivity index (χ2v) is 6.64. The highest BCUT2D eigenvalue weighted by Crippen LogP contribution is 2.56. The van der Waals surface area contributed by atoms with Gasteiger partial charge in [0, 0.05) is 0 Å². The van der Waals surface area contributed by atoms with Gasteiger partial charge < -0.3 is 14.2 Å². The average molecular weight is 299 g/mol. The Morgan fingerprint density at radius 3 is 2.44 bits per heavy atom. The van der Waals surface area contributed by atoms with Crippen LogP contribution in [0, 0.1) is 0 Å². The van der Waals surface area contributed by atoms with Crippen LogP contribution in [0.4, 0.5) is 0 Å². The lowest BCUT2D eigenvalue weighted by Gasteiger charge is -2.13. The minimum absolute atomic E-state index is 0.0320. The highest BCUT2D eigenvalue weighted by molar-refractivity contribution is 7.56. The van der Waals surface area contributed by atoms with Crippen molar-refractivity contribution in [3.05, 3.63) is 0 Å². The number of rotatable bonds is 6. The van der Waals surface area contributed by atoms with E-state index in [0.29, 0.717) is 0 Å². The Balaban J connectivity index is 3.05. The average Bonchev–Trinajstić information content (AvgIpc) is 2.54. The van der Waals surface area contributed by atoms with E-state index in [2.05, 4.69) is 9.26 Å². The van der Waals surface area contributed by atoms with Crippen molar-refractivity contribution in [3.8, 4) is 0 Å². The molecule has 10 heteroatoms. The number of hydrogen-bond donors (Lipinski definition) is 1. The molecule has 18 heavy (non-hydrogen) atoms. The Hall–Kier alpha value is -0.650. The first kappa shape index (κ1) is 15.4. The van der Waals surface area contributed by atoms with Gasteiger partial charge in [-0.05, 0) is 18.4 Å². The zero-order valence-electron chi connectivity index (χ0n) is 9.77. The number of carbonyl (C=O) groups is 2. The van der Waals surface area contributed by atoms with Gasteiger partial charge in [0.1, 0.15) is 0 Å². The van der Waals surface area contributed by atoms with Gasteiger partial charge in [0.2, 0.25) is 5.66 Å². The van der Waals surface area contributed by atoms with Gasteiger partial charge in [-0.1, -0.05) is 0 Å². The Labute approximate surface area is 104 Å². The standard InChI is InChI=1S/C8H12O8P2/c1-3-14-17(11)5-6(8(10)16-7(5)9)18(12,13)15-4-2/h5-6H,3-4H2,1-2H3/p+1. The van der Waals surface area contributed by atoms with Crippen LogP contribution in [-0.4, -0.2) is 41.4 Å². The van der Waals surface area contributed by atoms with Gasteiger partial charge in [0.25, 0.3) is 0 Å². The molecular formula is C8H13O8P2+. The Morgan fingerprint density at radius 1 is 1.33 bits per heavy atom. The van der Waals surface area contributed by atoms with Crippen molar-refractivity contribution in [3.63, 3.8) is 0 Å². The summed E-state index contributed by atoms with van der Waals surface area (Å²) in [5.41, 5.74) is -3.39. The lowest BCUT2D eigenvalue weighted by Crippen LogP contribution is -2.27. The van der Waals surface area contributed by atoms with Crippen LogP contribution in [0.5, 0.6) is 0 Å². The molecular weight excluding hydrogens is 286 g/mol. The van der Waals surface area contributed by atoms with Crippen LogP contribution in [-0.2, 0) is 32.5 Å². The van der Waals surface area contributed by atoms with E-state index in [9.17, 15) is 23.6 Å². The zero-order valence-corrected chi connectivity index (χ0v) is 11.6. The van der Waals surface area contributed by atoms with E-state index in [1.165, 1.54) is 13.8 Å². The summed E-state index contributed by atoms with van der Waals surface area (Å²) >= 11 is 0. The topological polar surface area (TPSA) is 116 Å². The number of hydrogen-bond acceptors (Lipinski definition) is 7. The Kier molecular flexibility index (Phi) is 5.13. The summed E-state index contributed by atoms with van der Waals surface area (Å²) in [6.07, 6.45) is 0. The van der Waals surface area contributed by atoms with Crippen molar-refractivity contribution in [1.82, 2.24) is 0 Å². The molecule has 4 unspecified atom stereocenters. The van der Waals surface area contributed by atoms with E-state index in [1.54, 1.807) is 0 Å². The highest BCUT2D eigenvalue weighted by atomic mass is 31.2. The van der Waals surface area contributed by atoms with E-state index in [4.69, 9.17) is 4.52 Å². The predicted molar refractivity (Wildman–Crippen MR) is 59.4 cm³/mol. The van der Waals surface area contributed by atoms with Crippen molar-refractivity contribution in [1.29, 1.82) is 0 Å². The minimum Gasteiger partial charge on any atom is -0.389 e. The molecule has 0 aromatic carbocycles. The van der Waals surface area contributed by atoms with Crippen LogP contribution in [0.2, 0.25) is 0 Å². The lowest BCUT2D eigenvalue weighted by atomic mass is 10.3. The summed E-state index contributed by atoms with van der Waals surface area (Å²) in [6.45, 7) is 2.88. The summed E-state index contributed by atoms with van der Waals surface area (Å²) < 4.78 is 36.9. The van der Waals surface area contributed by atoms with E-state index in [0.717, 1.165) is 0 Å². The zero-order chi connectivity index (χ0) is 13.9. The van der Waals surface area contributed by atoms with Gasteiger partial charge in [-0.3, -0.25) is 9.36 Å². The van der Waals surface area contributed by atoms with Gasteiger partial charge in [-0.25, -0.2) is 4.79 Å². The summed E-state index contributed by atoms with van der Waals surface area (Å²) in [7, 11) is -7.05. The van der Waals surface area contributed by atoms with Gasteiger partial charge in [0.05, 0.1) is 13.2 Å². The molecule has 1 rings (SSSR count). The second-order valence-electron chi connectivity index (χ2n) is 3.31. The maximum atomic E-state index is 11.8. The molecule has 1 heterocycles. The molecule has 0 aliphatic carbocycles. The van der Waals surface area contributed by atoms with Gasteiger partial charge in [-0.2, -0.15) is 0 Å². The fraction of sp³-hybridized carbons (Fsp3) is 0.750. The third-order valence-corrected chi connectivity index (χ3v) is 5.68. The summed E-state index contributed by atoms with van der Waals surface area (Å²) in [6, 6.07) is 0. The molecule has 0 amide bonds. The number of ether oxygens (including phenoxy) is 1. The molecule has 1 saturated heterocycles. The number of carbonyl (C=O) groups excluding carboxylic acids is 2. The summed E-state index contributed by atoms with van der Waals surface area (Å²) in [5, 5.41) is 0. The lowest BCUT2D eigenvalue weighted by molar-refractivity contribution is -0.151. The highest BCUT2D eigenvalue weighted by Gasteiger charge is 2.65. The van der Waals surface area contributed by atoms with E-state index >= 15 is 0 Å². The smallest absolute Gasteiger partial charge is 0.389 e. The van der Waals surface area contributed by atoms with Crippen molar-refractivity contribution in [2.45, 2.75) is 25.2 Å². The van der Waals surface area contributed by atoms with Gasteiger partial charge >= 0.3 is 33.2 Å². The summed E-state index contributed by atoms with van der Waals surface area (Å²) in [4.78, 5) is 32.3. The molecule has 8 nitrogen and oxygen atoms in total. The molecule has 0 radical (unpaired) electrons. The molecule has 0 aromatic heterocycles. The molecule has 1 N–H and O–H groups in total. The molecule has 102 valence electrons. The molecule has 0 spiro atoms. The van der Waals surface area contributed by atoms with Crippen molar-refractivity contribution in [2.24, 2.45) is 0 Å². The normalized spacial score (nSPS) is 27.8. The van der Waals surface area contributed by atoms with Crippen molar-refractivity contribution < 1.29 is 37.4 Å². The third kappa shape index (κ3) is 3.02. The molecule has 0 bridgehead atoms. The first-order valence-electron chi connectivity index (χ1n) is 5.17. The van der Waals surface area contributed by atoms with Crippen LogP contribution < -0.4 is 0 Å². The maximum Gasteiger partial charge on any atom is 0.525 e. The van der Waals surface area contributed by atoms with Crippen LogP contribution >= 0.6 is 15.6 Å². The fourth-order valence-electron chi connectivity index (χ4n) is 1.46. The van der Waals surface area contributed by atoms with E-state index < -0.39 is 38.9 Å². The summed E-state index contributed by atoms with van der Waals surface area (Å²) in [5.74, 6) is -2.35. The molecule has 4 atom stereocenters. The van der Waals surface area contributed by atoms with Gasteiger partial charge in [0.15, 0.2) is 0 Å². The molecule has 1 aliphatic heterocycles. The molecule has 1 aliphatic rings. The molecule has 0 saturated carbocycles. The number of esters is 2. The third-order valence-electron chi connectivity index (χ3n) is 2.13. The van der Waals surface area contributed by atoms with Crippen LogP contribution in [0.1, 0.15) is 13.8 Å². The maximum absolute atomic E-state index is 11.8. The quantitative estimate of drug-likeness (QED) is 0.435. The fourth-order valence-corrected chi connectivity index (χ4v) is 4.62. The van der Waals surface area contributed by atoms with E-state index in [1.807, 2.05) is 0 Å². The Morgan fingerprint density at radius 2 is 1.94 bits per heavy atom. The van der Waals surface area contributed by atoms with Crippen LogP contribution in [0.3, 0.4) is 0 Å². The molecule has 1 fully saturated rings. The molecule has 0 aromatic rings. The van der Waals surface area contributed by atoms with Crippen molar-refractivity contribution in [2.75, 3.05) is 13.2 Å². The largest absolute Gasteiger partial charge is 0.525 e. The van der Waals surface area contributed by atoms with Crippen molar-refractivity contribution >= 4 is 27.6 Å². The first-order valence-corrected chi connectivity index (χ1v) is 8.06. The SMILES string of the molecule is CCO[P+](=O)C1C(=O)OC(=O)C1P(=O)(O)OCC. The monoisotopic (exact) mass is 299 g/mol. The number of cyclic esters (lactones) is 2. The predicted octanol–water partition coefficient (Wildman–Crippen LogP) is 0.808. The van der Waals surface area contributed by atoms with Crippen LogP contribution in [0.15, 0.2) is 0 Å².